The number of hydrogen-bond acceptors (Lipinski definition) is 2. The molecule has 0 radical (unpaired) electrons. The van der Waals surface area contributed by atoms with Crippen LogP contribution in [0.1, 0.15) is 49.4 Å². The van der Waals surface area contributed by atoms with E-state index in [-0.39, 0.29) is 17.1 Å². The number of aromatic nitrogens is 1. The highest BCUT2D eigenvalue weighted by Gasteiger charge is 2.23. The molecule has 1 fully saturated rings. The number of amides is 1. The highest BCUT2D eigenvalue weighted by atomic mass is 35.5. The van der Waals surface area contributed by atoms with E-state index in [4.69, 9.17) is 23.2 Å². The molecule has 1 aromatic rings. The van der Waals surface area contributed by atoms with Gasteiger partial charge in [0.05, 0.1) is 10.6 Å². The van der Waals surface area contributed by atoms with Crippen LogP contribution in [0, 0.1) is 5.92 Å². The summed E-state index contributed by atoms with van der Waals surface area (Å²) in [4.78, 5) is 16.1. The topological polar surface area (TPSA) is 42.0 Å². The molecule has 2 atom stereocenters. The normalized spacial score (nSPS) is 23.7. The van der Waals surface area contributed by atoms with Crippen molar-refractivity contribution in [3.63, 3.8) is 0 Å². The predicted octanol–water partition coefficient (Wildman–Crippen LogP) is 4.09. The molecule has 1 heterocycles. The second kappa shape index (κ2) is 6.58. The van der Waals surface area contributed by atoms with Crippen LogP contribution in [0.3, 0.4) is 0 Å². The Bertz CT molecular complexity index is 465. The molecule has 104 valence electrons. The molecular weight excluding hydrogens is 283 g/mol. The standard InChI is InChI=1S/C14H18Cl2N2O/c1-9-5-3-2-4-6-12(9)18-14(19)10-7-13(16)17-8-11(10)15/h7-9,12H,2-6H2,1H3,(H,18,19). The van der Waals surface area contributed by atoms with Crippen LogP contribution in [-0.4, -0.2) is 16.9 Å². The van der Waals surface area contributed by atoms with E-state index in [9.17, 15) is 4.79 Å². The smallest absolute Gasteiger partial charge is 0.253 e. The van der Waals surface area contributed by atoms with Crippen LogP contribution in [0.15, 0.2) is 12.3 Å². The minimum absolute atomic E-state index is 0.159. The van der Waals surface area contributed by atoms with Crippen LogP contribution in [0.4, 0.5) is 0 Å². The lowest BCUT2D eigenvalue weighted by Crippen LogP contribution is -2.39. The van der Waals surface area contributed by atoms with E-state index in [0.717, 1.165) is 12.8 Å². The van der Waals surface area contributed by atoms with Crippen molar-refractivity contribution >= 4 is 29.1 Å². The fourth-order valence-electron chi connectivity index (χ4n) is 2.54. The van der Waals surface area contributed by atoms with Gasteiger partial charge in [0.15, 0.2) is 0 Å². The molecule has 0 saturated heterocycles. The van der Waals surface area contributed by atoms with Crippen LogP contribution in [-0.2, 0) is 0 Å². The van der Waals surface area contributed by atoms with Gasteiger partial charge in [-0.1, -0.05) is 49.4 Å². The van der Waals surface area contributed by atoms with Crippen molar-refractivity contribution in [2.45, 2.75) is 45.1 Å². The summed E-state index contributed by atoms with van der Waals surface area (Å²) in [5.74, 6) is 0.343. The molecule has 1 aromatic heterocycles. The lowest BCUT2D eigenvalue weighted by atomic mass is 9.96. The average Bonchev–Trinajstić information content (AvgIpc) is 2.58. The maximum Gasteiger partial charge on any atom is 0.253 e. The Morgan fingerprint density at radius 3 is 2.84 bits per heavy atom. The third kappa shape index (κ3) is 3.83. The van der Waals surface area contributed by atoms with Gasteiger partial charge in [-0.15, -0.1) is 0 Å². The minimum Gasteiger partial charge on any atom is -0.349 e. The summed E-state index contributed by atoms with van der Waals surface area (Å²) in [5, 5.41) is 3.70. The van der Waals surface area contributed by atoms with Crippen molar-refractivity contribution < 1.29 is 4.79 Å². The maximum atomic E-state index is 12.3. The Balaban J connectivity index is 2.09. The van der Waals surface area contributed by atoms with Gasteiger partial charge >= 0.3 is 0 Å². The molecule has 0 aliphatic heterocycles. The summed E-state index contributed by atoms with van der Waals surface area (Å²) in [5.41, 5.74) is 0.401. The molecule has 2 rings (SSSR count). The largest absolute Gasteiger partial charge is 0.349 e. The number of carbonyl (C=O) groups excluding carboxylic acids is 1. The summed E-state index contributed by atoms with van der Waals surface area (Å²) in [6.07, 6.45) is 7.27. The fourth-order valence-corrected chi connectivity index (χ4v) is 2.89. The zero-order chi connectivity index (χ0) is 13.8. The number of pyridine rings is 1. The highest BCUT2D eigenvalue weighted by Crippen LogP contribution is 2.24. The van der Waals surface area contributed by atoms with E-state index < -0.39 is 0 Å². The van der Waals surface area contributed by atoms with Crippen LogP contribution >= 0.6 is 23.2 Å². The first-order valence-electron chi connectivity index (χ1n) is 6.70. The van der Waals surface area contributed by atoms with Crippen LogP contribution in [0.2, 0.25) is 10.2 Å². The van der Waals surface area contributed by atoms with Gasteiger partial charge in [0.1, 0.15) is 5.15 Å². The third-order valence-corrected chi connectivity index (χ3v) is 4.25. The molecule has 0 spiro atoms. The predicted molar refractivity (Wildman–Crippen MR) is 77.8 cm³/mol. The van der Waals surface area contributed by atoms with Gasteiger partial charge in [0.2, 0.25) is 0 Å². The monoisotopic (exact) mass is 300 g/mol. The van der Waals surface area contributed by atoms with Crippen molar-refractivity contribution in [1.29, 1.82) is 0 Å². The third-order valence-electron chi connectivity index (χ3n) is 3.74. The zero-order valence-electron chi connectivity index (χ0n) is 11.0. The van der Waals surface area contributed by atoms with E-state index in [1.165, 1.54) is 31.5 Å². The molecule has 1 aliphatic rings. The number of nitrogens with zero attached hydrogens (tertiary/aromatic N) is 1. The lowest BCUT2D eigenvalue weighted by molar-refractivity contribution is 0.0921. The van der Waals surface area contributed by atoms with Gasteiger partial charge in [0, 0.05) is 12.2 Å². The van der Waals surface area contributed by atoms with E-state index in [1.54, 1.807) is 0 Å². The molecule has 0 aromatic carbocycles. The molecule has 0 bridgehead atoms. The zero-order valence-corrected chi connectivity index (χ0v) is 12.5. The van der Waals surface area contributed by atoms with Crippen LogP contribution < -0.4 is 5.32 Å². The lowest BCUT2D eigenvalue weighted by Gasteiger charge is -2.23. The van der Waals surface area contributed by atoms with Gasteiger partial charge in [-0.2, -0.15) is 0 Å². The molecular formula is C14H18Cl2N2O. The van der Waals surface area contributed by atoms with Crippen LogP contribution in [0.25, 0.3) is 0 Å². The summed E-state index contributed by atoms with van der Waals surface area (Å²) < 4.78 is 0. The molecule has 1 aliphatic carbocycles. The minimum atomic E-state index is -0.159. The van der Waals surface area contributed by atoms with Gasteiger partial charge in [-0.3, -0.25) is 4.79 Å². The quantitative estimate of drug-likeness (QED) is 0.660. The van der Waals surface area contributed by atoms with Crippen molar-refractivity contribution in [3.05, 3.63) is 28.0 Å². The molecule has 1 N–H and O–H groups in total. The Labute approximate surface area is 123 Å². The molecule has 1 amide bonds. The molecule has 3 nitrogen and oxygen atoms in total. The van der Waals surface area contributed by atoms with Crippen molar-refractivity contribution in [2.24, 2.45) is 5.92 Å². The van der Waals surface area contributed by atoms with Crippen molar-refractivity contribution in [3.8, 4) is 0 Å². The fraction of sp³-hybridized carbons (Fsp3) is 0.571. The van der Waals surface area contributed by atoms with E-state index in [2.05, 4.69) is 17.2 Å². The van der Waals surface area contributed by atoms with Crippen molar-refractivity contribution in [1.82, 2.24) is 10.3 Å². The van der Waals surface area contributed by atoms with E-state index in [1.807, 2.05) is 0 Å². The number of carbonyl (C=O) groups is 1. The SMILES string of the molecule is CC1CCCCCC1NC(=O)c1cc(Cl)ncc1Cl. The molecule has 19 heavy (non-hydrogen) atoms. The summed E-state index contributed by atoms with van der Waals surface area (Å²) in [7, 11) is 0. The Morgan fingerprint density at radius 2 is 2.05 bits per heavy atom. The Kier molecular flexibility index (Phi) is 5.06. The highest BCUT2D eigenvalue weighted by molar-refractivity contribution is 6.35. The van der Waals surface area contributed by atoms with Gasteiger partial charge in [0.25, 0.3) is 5.91 Å². The number of halogens is 2. The van der Waals surface area contributed by atoms with E-state index in [0.29, 0.717) is 16.5 Å². The summed E-state index contributed by atoms with van der Waals surface area (Å²) >= 11 is 11.8. The van der Waals surface area contributed by atoms with Crippen LogP contribution in [0.5, 0.6) is 0 Å². The second-order valence-corrected chi connectivity index (χ2v) is 5.98. The second-order valence-electron chi connectivity index (χ2n) is 5.18. The molecule has 5 heteroatoms. The Hall–Kier alpha value is -0.800. The summed E-state index contributed by atoms with van der Waals surface area (Å²) in [6.45, 7) is 2.19. The molecule has 1 saturated carbocycles. The van der Waals surface area contributed by atoms with E-state index >= 15 is 0 Å². The first-order chi connectivity index (χ1) is 9.08. The maximum absolute atomic E-state index is 12.3. The Morgan fingerprint density at radius 1 is 1.32 bits per heavy atom. The molecule has 2 unspecified atom stereocenters. The van der Waals surface area contributed by atoms with Gasteiger partial charge < -0.3 is 5.32 Å². The average molecular weight is 301 g/mol. The number of hydrogen-bond donors (Lipinski definition) is 1. The number of nitrogens with one attached hydrogen (secondary N) is 1. The number of rotatable bonds is 2. The first kappa shape index (κ1) is 14.6. The summed E-state index contributed by atoms with van der Waals surface area (Å²) in [6, 6.07) is 1.73. The first-order valence-corrected chi connectivity index (χ1v) is 7.45. The van der Waals surface area contributed by atoms with Gasteiger partial charge in [-0.05, 0) is 24.8 Å². The van der Waals surface area contributed by atoms with Gasteiger partial charge in [-0.25, -0.2) is 4.98 Å². The van der Waals surface area contributed by atoms with Crippen molar-refractivity contribution in [2.75, 3.05) is 0 Å².